The Bertz CT molecular complexity index is 606. The third-order valence-corrected chi connectivity index (χ3v) is 2.41. The van der Waals surface area contributed by atoms with E-state index in [0.29, 0.717) is 6.07 Å². The highest BCUT2D eigenvalue weighted by atomic mass is 19.4. The molecule has 1 N–H and O–H groups in total. The summed E-state index contributed by atoms with van der Waals surface area (Å²) < 4.78 is 63.7. The van der Waals surface area contributed by atoms with Crippen LogP contribution in [0.2, 0.25) is 0 Å². The van der Waals surface area contributed by atoms with Gasteiger partial charge in [0.25, 0.3) is 0 Å². The van der Waals surface area contributed by atoms with Crippen molar-refractivity contribution in [3.05, 3.63) is 35.5 Å². The average Bonchev–Trinajstić information content (AvgIpc) is 2.28. The Morgan fingerprint density at radius 1 is 1.06 bits per heavy atom. The molecule has 1 heterocycles. The van der Waals surface area contributed by atoms with E-state index in [1.807, 2.05) is 0 Å². The van der Waals surface area contributed by atoms with Crippen LogP contribution in [0.25, 0.3) is 10.9 Å². The van der Waals surface area contributed by atoms with Crippen LogP contribution in [-0.4, -0.2) is 12.0 Å². The van der Waals surface area contributed by atoms with E-state index in [-0.39, 0.29) is 16.6 Å². The standard InChI is InChI=1S/C11H7F5N2/c1-17-8-4-10(11(14,15)16)18-9-3-7(13)6(12)2-5(8)9/h2-4H,1H3,(H,17,18). The van der Waals surface area contributed by atoms with Gasteiger partial charge in [0.2, 0.25) is 0 Å². The van der Waals surface area contributed by atoms with Crippen molar-refractivity contribution in [1.29, 1.82) is 0 Å². The predicted molar refractivity (Wildman–Crippen MR) is 56.2 cm³/mol. The summed E-state index contributed by atoms with van der Waals surface area (Å²) in [5.41, 5.74) is -1.38. The van der Waals surface area contributed by atoms with Crippen molar-refractivity contribution < 1.29 is 22.0 Å². The summed E-state index contributed by atoms with van der Waals surface area (Å²) in [7, 11) is 1.39. The molecule has 0 saturated heterocycles. The maximum absolute atomic E-state index is 13.0. The van der Waals surface area contributed by atoms with Crippen molar-refractivity contribution in [2.24, 2.45) is 0 Å². The van der Waals surface area contributed by atoms with E-state index in [1.165, 1.54) is 7.05 Å². The second-order valence-electron chi connectivity index (χ2n) is 3.59. The van der Waals surface area contributed by atoms with Crippen LogP contribution < -0.4 is 5.32 Å². The molecule has 2 nitrogen and oxygen atoms in total. The van der Waals surface area contributed by atoms with Crippen LogP contribution in [0, 0.1) is 11.6 Å². The van der Waals surface area contributed by atoms with Crippen molar-refractivity contribution in [2.45, 2.75) is 6.18 Å². The average molecular weight is 262 g/mol. The normalized spacial score (nSPS) is 11.9. The Labute approximate surface area is 98.4 Å². The van der Waals surface area contributed by atoms with Gasteiger partial charge in [0.05, 0.1) is 5.52 Å². The van der Waals surface area contributed by atoms with Gasteiger partial charge in [0.1, 0.15) is 5.69 Å². The lowest BCUT2D eigenvalue weighted by molar-refractivity contribution is -0.140. The van der Waals surface area contributed by atoms with Crippen LogP contribution in [0.15, 0.2) is 18.2 Å². The first-order chi connectivity index (χ1) is 8.32. The minimum Gasteiger partial charge on any atom is -0.388 e. The van der Waals surface area contributed by atoms with Crippen molar-refractivity contribution in [1.82, 2.24) is 4.98 Å². The Kier molecular flexibility index (Phi) is 2.84. The summed E-state index contributed by atoms with van der Waals surface area (Å²) in [6, 6.07) is 2.20. The number of aromatic nitrogens is 1. The van der Waals surface area contributed by atoms with Gasteiger partial charge in [-0.25, -0.2) is 13.8 Å². The van der Waals surface area contributed by atoms with E-state index in [9.17, 15) is 22.0 Å². The molecule has 0 spiro atoms. The summed E-state index contributed by atoms with van der Waals surface area (Å²) in [5.74, 6) is -2.38. The summed E-state index contributed by atoms with van der Waals surface area (Å²) in [4.78, 5) is 3.29. The number of anilines is 1. The molecular formula is C11H7F5N2. The van der Waals surface area contributed by atoms with Crippen LogP contribution in [0.1, 0.15) is 5.69 Å². The number of hydrogen-bond acceptors (Lipinski definition) is 2. The van der Waals surface area contributed by atoms with E-state index in [2.05, 4.69) is 10.3 Å². The molecule has 0 atom stereocenters. The maximum atomic E-state index is 13.0. The van der Waals surface area contributed by atoms with Crippen molar-refractivity contribution in [3.63, 3.8) is 0 Å². The monoisotopic (exact) mass is 262 g/mol. The molecule has 1 aromatic heterocycles. The topological polar surface area (TPSA) is 24.9 Å². The van der Waals surface area contributed by atoms with Crippen molar-refractivity contribution in [3.8, 4) is 0 Å². The minimum absolute atomic E-state index is 0.0335. The van der Waals surface area contributed by atoms with Gasteiger partial charge >= 0.3 is 6.18 Å². The van der Waals surface area contributed by atoms with Gasteiger partial charge in [-0.3, -0.25) is 0 Å². The van der Waals surface area contributed by atoms with Gasteiger partial charge in [-0.2, -0.15) is 13.2 Å². The first kappa shape index (κ1) is 12.5. The number of fused-ring (bicyclic) bond motifs is 1. The number of rotatable bonds is 1. The molecule has 0 fully saturated rings. The Hall–Kier alpha value is -1.92. The summed E-state index contributed by atoms with van der Waals surface area (Å²) in [6.45, 7) is 0. The molecule has 0 saturated carbocycles. The SMILES string of the molecule is CNc1cc(C(F)(F)F)nc2cc(F)c(F)cc12. The third kappa shape index (κ3) is 2.07. The fourth-order valence-corrected chi connectivity index (χ4v) is 1.57. The fourth-order valence-electron chi connectivity index (χ4n) is 1.57. The number of benzene rings is 1. The second kappa shape index (κ2) is 4.08. The molecule has 2 aromatic rings. The molecule has 1 aromatic carbocycles. The van der Waals surface area contributed by atoms with E-state index in [1.54, 1.807) is 0 Å². The Morgan fingerprint density at radius 2 is 1.67 bits per heavy atom. The fraction of sp³-hybridized carbons (Fsp3) is 0.182. The lowest BCUT2D eigenvalue weighted by Crippen LogP contribution is -2.09. The number of hydrogen-bond donors (Lipinski definition) is 1. The van der Waals surface area contributed by atoms with Crippen molar-refractivity contribution >= 4 is 16.6 Å². The van der Waals surface area contributed by atoms with Crippen LogP contribution in [0.3, 0.4) is 0 Å². The summed E-state index contributed by atoms with van der Waals surface area (Å²) >= 11 is 0. The van der Waals surface area contributed by atoms with E-state index in [0.717, 1.165) is 12.1 Å². The third-order valence-electron chi connectivity index (χ3n) is 2.41. The zero-order chi connectivity index (χ0) is 13.5. The zero-order valence-corrected chi connectivity index (χ0v) is 9.07. The number of nitrogens with zero attached hydrogens (tertiary/aromatic N) is 1. The lowest BCUT2D eigenvalue weighted by Gasteiger charge is -2.11. The zero-order valence-electron chi connectivity index (χ0n) is 9.07. The van der Waals surface area contributed by atoms with E-state index >= 15 is 0 Å². The van der Waals surface area contributed by atoms with Crippen LogP contribution >= 0.6 is 0 Å². The molecule has 0 bridgehead atoms. The van der Waals surface area contributed by atoms with Crippen LogP contribution in [0.4, 0.5) is 27.6 Å². The second-order valence-corrected chi connectivity index (χ2v) is 3.59. The molecule has 0 radical (unpaired) electrons. The highest BCUT2D eigenvalue weighted by Gasteiger charge is 2.33. The predicted octanol–water partition coefficient (Wildman–Crippen LogP) is 3.57. The lowest BCUT2D eigenvalue weighted by atomic mass is 10.1. The van der Waals surface area contributed by atoms with Gasteiger partial charge in [-0.1, -0.05) is 0 Å². The highest BCUT2D eigenvalue weighted by Crippen LogP contribution is 2.33. The quantitative estimate of drug-likeness (QED) is 0.794. The van der Waals surface area contributed by atoms with Gasteiger partial charge in [0, 0.05) is 24.2 Å². The summed E-state index contributed by atoms with van der Waals surface area (Å²) in [5, 5.41) is 2.59. The molecule has 0 aliphatic carbocycles. The molecule has 18 heavy (non-hydrogen) atoms. The Balaban J connectivity index is 2.80. The number of alkyl halides is 3. The highest BCUT2D eigenvalue weighted by molar-refractivity contribution is 5.91. The largest absolute Gasteiger partial charge is 0.433 e. The first-order valence-electron chi connectivity index (χ1n) is 4.87. The maximum Gasteiger partial charge on any atom is 0.433 e. The van der Waals surface area contributed by atoms with Gasteiger partial charge in [0.15, 0.2) is 11.6 Å². The molecule has 0 unspecified atom stereocenters. The summed E-state index contributed by atoms with van der Waals surface area (Å²) in [6.07, 6.45) is -4.65. The molecule has 0 aliphatic heterocycles. The molecule has 0 amide bonds. The van der Waals surface area contributed by atoms with E-state index in [4.69, 9.17) is 0 Å². The first-order valence-corrected chi connectivity index (χ1v) is 4.87. The number of pyridine rings is 1. The van der Waals surface area contributed by atoms with E-state index < -0.39 is 23.5 Å². The smallest absolute Gasteiger partial charge is 0.388 e. The molecule has 0 aliphatic rings. The molecule has 2 rings (SSSR count). The Morgan fingerprint density at radius 3 is 2.22 bits per heavy atom. The number of nitrogens with one attached hydrogen (secondary N) is 1. The minimum atomic E-state index is -4.65. The van der Waals surface area contributed by atoms with Crippen molar-refractivity contribution in [2.75, 3.05) is 12.4 Å². The molecular weight excluding hydrogens is 255 g/mol. The molecule has 96 valence electrons. The van der Waals surface area contributed by atoms with Crippen LogP contribution in [-0.2, 0) is 6.18 Å². The number of halogens is 5. The van der Waals surface area contributed by atoms with Gasteiger partial charge in [-0.15, -0.1) is 0 Å². The van der Waals surface area contributed by atoms with Gasteiger partial charge < -0.3 is 5.32 Å². The molecule has 7 heteroatoms. The van der Waals surface area contributed by atoms with Gasteiger partial charge in [-0.05, 0) is 12.1 Å². The van der Waals surface area contributed by atoms with Crippen LogP contribution in [0.5, 0.6) is 0 Å².